The minimum atomic E-state index is -3.81. The van der Waals surface area contributed by atoms with Crippen LogP contribution in [0.2, 0.25) is 0 Å². The molecule has 0 saturated heterocycles. The molecule has 4 nitrogen and oxygen atoms in total. The summed E-state index contributed by atoms with van der Waals surface area (Å²) in [5.74, 6) is -1.41. The molecule has 0 fully saturated rings. The third kappa shape index (κ3) is 1.27. The second-order valence-electron chi connectivity index (χ2n) is 3.31. The van der Waals surface area contributed by atoms with Crippen LogP contribution in [0.3, 0.4) is 0 Å². The van der Waals surface area contributed by atoms with Crippen LogP contribution in [0.15, 0.2) is 28.0 Å². The molecule has 78 valence electrons. The van der Waals surface area contributed by atoms with Crippen molar-refractivity contribution in [3.63, 3.8) is 0 Å². The summed E-state index contributed by atoms with van der Waals surface area (Å²) in [6.45, 7) is 1.65. The molecule has 0 spiro atoms. The summed E-state index contributed by atoms with van der Waals surface area (Å²) in [4.78, 5) is 10.3. The number of aryl methyl sites for hydroxylation is 1. The van der Waals surface area contributed by atoms with Gasteiger partial charge in [0.25, 0.3) is 0 Å². The van der Waals surface area contributed by atoms with Gasteiger partial charge in [0.05, 0.1) is 4.90 Å². The highest BCUT2D eigenvalue weighted by Gasteiger charge is 2.35. The van der Waals surface area contributed by atoms with Crippen LogP contribution < -0.4 is 0 Å². The van der Waals surface area contributed by atoms with E-state index in [0.717, 1.165) is 0 Å². The average Bonchev–Trinajstić information content (AvgIpc) is 2.39. The summed E-state index contributed by atoms with van der Waals surface area (Å²) in [6, 6.07) is 4.94. The monoisotopic (exact) mass is 224 g/mol. The zero-order chi connectivity index (χ0) is 11.2. The fraction of sp³-hybridized carbons (Fsp3) is 0.100. The first-order chi connectivity index (χ1) is 6.94. The number of benzene rings is 1. The van der Waals surface area contributed by atoms with Crippen LogP contribution in [-0.4, -0.2) is 19.5 Å². The van der Waals surface area contributed by atoms with Gasteiger partial charge in [-0.15, -0.1) is 0 Å². The fourth-order valence-electron chi connectivity index (χ4n) is 1.66. The van der Waals surface area contributed by atoms with E-state index < -0.39 is 20.7 Å². The van der Waals surface area contributed by atoms with E-state index in [4.69, 9.17) is 5.11 Å². The molecule has 1 N–H and O–H groups in total. The molecular formula is C10H8O4S. The lowest BCUT2D eigenvalue weighted by atomic mass is 10.1. The molecule has 0 aromatic heterocycles. The van der Waals surface area contributed by atoms with E-state index in [-0.39, 0.29) is 4.90 Å². The predicted molar refractivity (Wildman–Crippen MR) is 54.0 cm³/mol. The number of carboxylic acid groups (broad SMARTS) is 1. The van der Waals surface area contributed by atoms with Gasteiger partial charge >= 0.3 is 5.97 Å². The van der Waals surface area contributed by atoms with Gasteiger partial charge in [0.1, 0.15) is 0 Å². The minimum absolute atomic E-state index is 0.113. The molecule has 1 aromatic rings. The van der Waals surface area contributed by atoms with E-state index in [1.165, 1.54) is 6.08 Å². The van der Waals surface area contributed by atoms with Gasteiger partial charge in [-0.2, -0.15) is 0 Å². The Bertz CT molecular complexity index is 581. The van der Waals surface area contributed by atoms with Crippen LogP contribution in [0, 0.1) is 6.92 Å². The Balaban J connectivity index is 2.80. The van der Waals surface area contributed by atoms with Gasteiger partial charge in [0, 0.05) is 0 Å². The molecule has 1 heterocycles. The van der Waals surface area contributed by atoms with Crippen molar-refractivity contribution in [2.24, 2.45) is 0 Å². The summed E-state index contributed by atoms with van der Waals surface area (Å²) in [5, 5.41) is 8.76. The lowest BCUT2D eigenvalue weighted by molar-refractivity contribution is -0.131. The first-order valence-corrected chi connectivity index (χ1v) is 5.72. The summed E-state index contributed by atoms with van der Waals surface area (Å²) in [7, 11) is -3.81. The molecule has 0 radical (unpaired) electrons. The van der Waals surface area contributed by atoms with Crippen LogP contribution in [-0.2, 0) is 14.6 Å². The van der Waals surface area contributed by atoms with Gasteiger partial charge < -0.3 is 5.11 Å². The largest absolute Gasteiger partial charge is 0.477 e. The lowest BCUT2D eigenvalue weighted by Gasteiger charge is -2.03. The van der Waals surface area contributed by atoms with Crippen molar-refractivity contribution in [1.82, 2.24) is 0 Å². The summed E-state index contributed by atoms with van der Waals surface area (Å²) in [5.41, 5.74) is 1.02. The number of carbonyl (C=O) groups is 1. The Labute approximate surface area is 86.8 Å². The topological polar surface area (TPSA) is 71.4 Å². The summed E-state index contributed by atoms with van der Waals surface area (Å²) >= 11 is 0. The third-order valence-electron chi connectivity index (χ3n) is 2.30. The van der Waals surface area contributed by atoms with E-state index in [9.17, 15) is 13.2 Å². The average molecular weight is 224 g/mol. The Morgan fingerprint density at radius 1 is 1.33 bits per heavy atom. The molecule has 5 heteroatoms. The number of carboxylic acids is 1. The molecule has 15 heavy (non-hydrogen) atoms. The standard InChI is InChI=1S/C10H8O4S/c1-6-3-2-4-7-5-8(10(11)12)15(13,14)9(6)7/h2-5H,1H3,(H,11,12). The molecule has 2 rings (SSSR count). The first-order valence-electron chi connectivity index (χ1n) is 4.24. The first kappa shape index (κ1) is 9.92. The van der Waals surface area contributed by atoms with E-state index >= 15 is 0 Å². The zero-order valence-corrected chi connectivity index (χ0v) is 8.71. The van der Waals surface area contributed by atoms with Crippen molar-refractivity contribution in [3.8, 4) is 0 Å². The Morgan fingerprint density at radius 2 is 2.00 bits per heavy atom. The maximum Gasteiger partial charge on any atom is 0.347 e. The molecular weight excluding hydrogens is 216 g/mol. The van der Waals surface area contributed by atoms with Gasteiger partial charge in [0.15, 0.2) is 4.91 Å². The third-order valence-corrected chi connectivity index (χ3v) is 4.26. The minimum Gasteiger partial charge on any atom is -0.477 e. The van der Waals surface area contributed by atoms with Gasteiger partial charge in [-0.1, -0.05) is 18.2 Å². The summed E-state index contributed by atoms with van der Waals surface area (Å²) < 4.78 is 23.6. The van der Waals surface area contributed by atoms with Crippen molar-refractivity contribution < 1.29 is 18.3 Å². The Morgan fingerprint density at radius 3 is 2.53 bits per heavy atom. The Kier molecular flexibility index (Phi) is 1.94. The smallest absolute Gasteiger partial charge is 0.347 e. The maximum atomic E-state index is 11.8. The molecule has 1 aromatic carbocycles. The van der Waals surface area contributed by atoms with Gasteiger partial charge in [-0.3, -0.25) is 0 Å². The highest BCUT2D eigenvalue weighted by atomic mass is 32.2. The van der Waals surface area contributed by atoms with Crippen molar-refractivity contribution in [2.75, 3.05) is 0 Å². The van der Waals surface area contributed by atoms with E-state index in [1.54, 1.807) is 25.1 Å². The normalized spacial score (nSPS) is 17.0. The number of fused-ring (bicyclic) bond motifs is 1. The molecule has 1 aliphatic heterocycles. The molecule has 0 atom stereocenters. The molecule has 0 aliphatic carbocycles. The van der Waals surface area contributed by atoms with Crippen LogP contribution in [0.5, 0.6) is 0 Å². The number of sulfone groups is 1. The number of hydrogen-bond donors (Lipinski definition) is 1. The van der Waals surface area contributed by atoms with Crippen molar-refractivity contribution >= 4 is 21.9 Å². The Hall–Kier alpha value is -1.62. The van der Waals surface area contributed by atoms with Gasteiger partial charge in [-0.25, -0.2) is 13.2 Å². The highest BCUT2D eigenvalue weighted by Crippen LogP contribution is 2.34. The zero-order valence-electron chi connectivity index (χ0n) is 7.89. The molecule has 0 amide bonds. The van der Waals surface area contributed by atoms with Crippen molar-refractivity contribution in [3.05, 3.63) is 34.2 Å². The van der Waals surface area contributed by atoms with Crippen LogP contribution in [0.1, 0.15) is 11.1 Å². The summed E-state index contributed by atoms with van der Waals surface area (Å²) in [6.07, 6.45) is 1.19. The SMILES string of the molecule is Cc1cccc2c1S(=O)(=O)C(C(=O)O)=C2. The molecule has 1 aliphatic rings. The quantitative estimate of drug-likeness (QED) is 0.778. The van der Waals surface area contributed by atoms with Crippen LogP contribution in [0.25, 0.3) is 6.08 Å². The predicted octanol–water partition coefficient (Wildman–Crippen LogP) is 1.21. The molecule has 0 bridgehead atoms. The second-order valence-corrected chi connectivity index (χ2v) is 5.17. The van der Waals surface area contributed by atoms with Crippen LogP contribution >= 0.6 is 0 Å². The maximum absolute atomic E-state index is 11.8. The highest BCUT2D eigenvalue weighted by molar-refractivity contribution is 7.96. The number of aliphatic carboxylic acids is 1. The van der Waals surface area contributed by atoms with Gasteiger partial charge in [0.2, 0.25) is 9.84 Å². The molecule has 0 saturated carbocycles. The van der Waals surface area contributed by atoms with Crippen molar-refractivity contribution in [2.45, 2.75) is 11.8 Å². The number of rotatable bonds is 1. The fourth-order valence-corrected chi connectivity index (χ4v) is 3.32. The van der Waals surface area contributed by atoms with Gasteiger partial charge in [-0.05, 0) is 24.1 Å². The lowest BCUT2D eigenvalue weighted by Crippen LogP contribution is -2.10. The van der Waals surface area contributed by atoms with Crippen molar-refractivity contribution in [1.29, 1.82) is 0 Å². The molecule has 0 unspecified atom stereocenters. The van der Waals surface area contributed by atoms with E-state index in [1.807, 2.05) is 0 Å². The van der Waals surface area contributed by atoms with Crippen LogP contribution in [0.4, 0.5) is 0 Å². The number of hydrogen-bond acceptors (Lipinski definition) is 3. The second kappa shape index (κ2) is 2.93. The van der Waals surface area contributed by atoms with E-state index in [2.05, 4.69) is 0 Å². The van der Waals surface area contributed by atoms with E-state index in [0.29, 0.717) is 11.1 Å².